The van der Waals surface area contributed by atoms with Crippen LogP contribution in [0, 0.1) is 0 Å². The summed E-state index contributed by atoms with van der Waals surface area (Å²) < 4.78 is 37.5. The molecule has 0 saturated heterocycles. The average Bonchev–Trinajstić information content (AvgIpc) is 2.61. The lowest BCUT2D eigenvalue weighted by atomic mass is 10.4. The van der Waals surface area contributed by atoms with E-state index in [-0.39, 0.29) is 0 Å². The van der Waals surface area contributed by atoms with E-state index in [9.17, 15) is 13.2 Å². The molecule has 0 atom stereocenters. The lowest BCUT2D eigenvalue weighted by Crippen LogP contribution is -2.22. The SMILES string of the molecule is FC(F)(F)CNc1cccc2nccn12. The van der Waals surface area contributed by atoms with Crippen molar-refractivity contribution >= 4 is 11.5 Å². The van der Waals surface area contributed by atoms with Gasteiger partial charge in [0.05, 0.1) is 0 Å². The zero-order valence-electron chi connectivity index (χ0n) is 7.62. The average molecular weight is 215 g/mol. The van der Waals surface area contributed by atoms with Gasteiger partial charge in [-0.25, -0.2) is 4.98 Å². The fourth-order valence-corrected chi connectivity index (χ4v) is 1.28. The molecule has 0 aromatic carbocycles. The van der Waals surface area contributed by atoms with Crippen LogP contribution >= 0.6 is 0 Å². The highest BCUT2D eigenvalue weighted by molar-refractivity contribution is 5.49. The zero-order valence-corrected chi connectivity index (χ0v) is 7.62. The molecule has 0 saturated carbocycles. The Morgan fingerprint density at radius 2 is 2.13 bits per heavy atom. The number of rotatable bonds is 2. The summed E-state index contributed by atoms with van der Waals surface area (Å²) in [4.78, 5) is 3.97. The number of anilines is 1. The molecule has 3 nitrogen and oxygen atoms in total. The predicted molar refractivity (Wildman–Crippen MR) is 49.7 cm³/mol. The van der Waals surface area contributed by atoms with Gasteiger partial charge in [0.2, 0.25) is 0 Å². The molecule has 0 aliphatic carbocycles. The molecular weight excluding hydrogens is 207 g/mol. The summed E-state index contributed by atoms with van der Waals surface area (Å²) in [7, 11) is 0. The maximum Gasteiger partial charge on any atom is 0.405 e. The van der Waals surface area contributed by atoms with Gasteiger partial charge in [-0.3, -0.25) is 4.40 Å². The minimum atomic E-state index is -4.22. The summed E-state index contributed by atoms with van der Waals surface area (Å²) in [6.45, 7) is -1.05. The summed E-state index contributed by atoms with van der Waals surface area (Å²) in [6.07, 6.45) is -1.08. The van der Waals surface area contributed by atoms with Crippen LogP contribution in [0.25, 0.3) is 5.65 Å². The topological polar surface area (TPSA) is 29.3 Å². The third-order valence-electron chi connectivity index (χ3n) is 1.90. The summed E-state index contributed by atoms with van der Waals surface area (Å²) in [5.74, 6) is 0.377. The van der Waals surface area contributed by atoms with Crippen molar-refractivity contribution in [3.63, 3.8) is 0 Å². The molecule has 0 radical (unpaired) electrons. The van der Waals surface area contributed by atoms with E-state index < -0.39 is 12.7 Å². The molecule has 1 N–H and O–H groups in total. The Bertz CT molecular complexity index is 461. The van der Waals surface area contributed by atoms with E-state index in [1.165, 1.54) is 6.20 Å². The number of nitrogens with zero attached hydrogens (tertiary/aromatic N) is 2. The van der Waals surface area contributed by atoms with Gasteiger partial charge in [-0.1, -0.05) is 6.07 Å². The summed E-state index contributed by atoms with van der Waals surface area (Å²) in [6, 6.07) is 4.94. The number of nitrogens with one attached hydrogen (secondary N) is 1. The number of fused-ring (bicyclic) bond motifs is 1. The number of alkyl halides is 3. The number of aromatic nitrogens is 2. The minimum Gasteiger partial charge on any atom is -0.362 e. The van der Waals surface area contributed by atoms with Crippen molar-refractivity contribution in [1.82, 2.24) is 9.38 Å². The highest BCUT2D eigenvalue weighted by Gasteiger charge is 2.26. The van der Waals surface area contributed by atoms with Crippen LogP contribution in [0.4, 0.5) is 19.0 Å². The first-order valence-corrected chi connectivity index (χ1v) is 4.29. The second-order valence-electron chi connectivity index (χ2n) is 3.04. The highest BCUT2D eigenvalue weighted by atomic mass is 19.4. The normalized spacial score (nSPS) is 11.9. The number of imidazole rings is 1. The Morgan fingerprint density at radius 1 is 1.33 bits per heavy atom. The van der Waals surface area contributed by atoms with Crippen LogP contribution in [0.2, 0.25) is 0 Å². The predicted octanol–water partition coefficient (Wildman–Crippen LogP) is 2.31. The lowest BCUT2D eigenvalue weighted by Gasteiger charge is -2.10. The van der Waals surface area contributed by atoms with Crippen molar-refractivity contribution in [3.05, 3.63) is 30.6 Å². The molecule has 15 heavy (non-hydrogen) atoms. The summed E-state index contributed by atoms with van der Waals surface area (Å²) in [5, 5.41) is 2.31. The van der Waals surface area contributed by atoms with E-state index in [1.807, 2.05) is 0 Å². The Hall–Kier alpha value is -1.72. The standard InChI is InChI=1S/C9H8F3N3/c10-9(11,12)6-14-8-3-1-2-7-13-4-5-15(7)8/h1-5,14H,6H2. The fourth-order valence-electron chi connectivity index (χ4n) is 1.28. The van der Waals surface area contributed by atoms with Crippen LogP contribution < -0.4 is 5.32 Å². The molecule has 0 aliphatic rings. The number of hydrogen-bond donors (Lipinski definition) is 1. The molecule has 0 bridgehead atoms. The van der Waals surface area contributed by atoms with Gasteiger partial charge < -0.3 is 5.32 Å². The molecule has 0 unspecified atom stereocenters. The molecule has 0 aliphatic heterocycles. The third-order valence-corrected chi connectivity index (χ3v) is 1.90. The van der Waals surface area contributed by atoms with Gasteiger partial charge in [0.1, 0.15) is 18.0 Å². The third kappa shape index (κ3) is 2.20. The fraction of sp³-hybridized carbons (Fsp3) is 0.222. The van der Waals surface area contributed by atoms with Gasteiger partial charge in [-0.15, -0.1) is 0 Å². The molecule has 6 heteroatoms. The van der Waals surface area contributed by atoms with E-state index in [0.29, 0.717) is 11.5 Å². The summed E-state index contributed by atoms with van der Waals surface area (Å²) >= 11 is 0. The quantitative estimate of drug-likeness (QED) is 0.832. The first kappa shape index (κ1) is 9.82. The Balaban J connectivity index is 2.24. The van der Waals surface area contributed by atoms with Crippen LogP contribution in [0.5, 0.6) is 0 Å². The molecule has 0 amide bonds. The van der Waals surface area contributed by atoms with Crippen LogP contribution in [-0.4, -0.2) is 22.1 Å². The van der Waals surface area contributed by atoms with Crippen molar-refractivity contribution < 1.29 is 13.2 Å². The Morgan fingerprint density at radius 3 is 2.87 bits per heavy atom. The van der Waals surface area contributed by atoms with Crippen LogP contribution in [0.1, 0.15) is 0 Å². The van der Waals surface area contributed by atoms with Gasteiger partial charge >= 0.3 is 6.18 Å². The van der Waals surface area contributed by atoms with Crippen molar-refractivity contribution in [2.75, 3.05) is 11.9 Å². The molecule has 0 fully saturated rings. The highest BCUT2D eigenvalue weighted by Crippen LogP contribution is 2.17. The first-order chi connectivity index (χ1) is 7.06. The number of pyridine rings is 1. The molecule has 2 aromatic heterocycles. The monoisotopic (exact) mass is 215 g/mol. The van der Waals surface area contributed by atoms with E-state index in [2.05, 4.69) is 10.3 Å². The summed E-state index contributed by atoms with van der Waals surface area (Å²) in [5.41, 5.74) is 0.613. The second-order valence-corrected chi connectivity index (χ2v) is 3.04. The van der Waals surface area contributed by atoms with Gasteiger partial charge in [0.15, 0.2) is 0 Å². The minimum absolute atomic E-state index is 0.377. The van der Waals surface area contributed by atoms with Gasteiger partial charge in [0, 0.05) is 12.4 Å². The number of halogens is 3. The first-order valence-electron chi connectivity index (χ1n) is 4.29. The Labute approximate surface area is 83.5 Å². The molecule has 2 rings (SSSR count). The number of hydrogen-bond acceptors (Lipinski definition) is 2. The van der Waals surface area contributed by atoms with Gasteiger partial charge in [-0.05, 0) is 12.1 Å². The molecule has 80 valence electrons. The maximum atomic E-state index is 12.0. The zero-order chi connectivity index (χ0) is 10.9. The van der Waals surface area contributed by atoms with E-state index in [0.717, 1.165) is 0 Å². The van der Waals surface area contributed by atoms with Gasteiger partial charge in [-0.2, -0.15) is 13.2 Å². The van der Waals surface area contributed by atoms with E-state index in [1.54, 1.807) is 28.8 Å². The second kappa shape index (κ2) is 3.45. The van der Waals surface area contributed by atoms with Crippen molar-refractivity contribution in [3.8, 4) is 0 Å². The molecule has 0 spiro atoms. The van der Waals surface area contributed by atoms with E-state index in [4.69, 9.17) is 0 Å². The van der Waals surface area contributed by atoms with Crippen LogP contribution in [0.15, 0.2) is 30.6 Å². The maximum absolute atomic E-state index is 12.0. The van der Waals surface area contributed by atoms with Crippen LogP contribution in [0.3, 0.4) is 0 Å². The lowest BCUT2D eigenvalue weighted by molar-refractivity contribution is -0.115. The largest absolute Gasteiger partial charge is 0.405 e. The van der Waals surface area contributed by atoms with Crippen molar-refractivity contribution in [2.45, 2.75) is 6.18 Å². The van der Waals surface area contributed by atoms with Crippen molar-refractivity contribution in [2.24, 2.45) is 0 Å². The molecular formula is C9H8F3N3. The molecule has 2 heterocycles. The Kier molecular flexibility index (Phi) is 2.26. The van der Waals surface area contributed by atoms with Crippen LogP contribution in [-0.2, 0) is 0 Å². The smallest absolute Gasteiger partial charge is 0.362 e. The molecule has 2 aromatic rings. The van der Waals surface area contributed by atoms with Gasteiger partial charge in [0.25, 0.3) is 0 Å². The van der Waals surface area contributed by atoms with Crippen molar-refractivity contribution in [1.29, 1.82) is 0 Å². The van der Waals surface area contributed by atoms with E-state index >= 15 is 0 Å².